The van der Waals surface area contributed by atoms with E-state index in [9.17, 15) is 5.11 Å². The summed E-state index contributed by atoms with van der Waals surface area (Å²) in [5, 5.41) is 12.0. The minimum atomic E-state index is -0.534. The van der Waals surface area contributed by atoms with Gasteiger partial charge in [-0.3, -0.25) is 9.88 Å². The van der Waals surface area contributed by atoms with Crippen molar-refractivity contribution in [2.24, 2.45) is 0 Å². The second-order valence-electron chi connectivity index (χ2n) is 8.12. The molecule has 4 heteroatoms. The van der Waals surface area contributed by atoms with Crippen LogP contribution in [0.15, 0.2) is 85.1 Å². The van der Waals surface area contributed by atoms with Gasteiger partial charge in [0, 0.05) is 43.2 Å². The van der Waals surface area contributed by atoms with E-state index in [2.05, 4.69) is 52.3 Å². The Bertz CT molecular complexity index is 1170. The van der Waals surface area contributed by atoms with Crippen molar-refractivity contribution in [1.29, 1.82) is 0 Å². The molecule has 0 saturated carbocycles. The maximum Gasteiger partial charge on any atom is 0.123 e. The largest absolute Gasteiger partial charge is 0.492 e. The number of hydrogen-bond donors (Lipinski definition) is 1. The molecular weight excluding hydrogens is 384 g/mol. The highest BCUT2D eigenvalue weighted by Gasteiger charge is 2.19. The van der Waals surface area contributed by atoms with Crippen LogP contribution in [0, 0.1) is 0 Å². The van der Waals surface area contributed by atoms with Crippen LogP contribution < -0.4 is 4.74 Å². The number of aromatic nitrogens is 1. The Balaban J connectivity index is 1.36. The molecule has 1 N–H and O–H groups in total. The zero-order valence-electron chi connectivity index (χ0n) is 17.4. The van der Waals surface area contributed by atoms with Crippen molar-refractivity contribution < 1.29 is 9.84 Å². The molecule has 0 unspecified atom stereocenters. The number of fused-ring (bicyclic) bond motifs is 2. The summed E-state index contributed by atoms with van der Waals surface area (Å²) in [6, 6.07) is 26.6. The molecule has 1 aliphatic rings. The van der Waals surface area contributed by atoms with E-state index in [0.717, 1.165) is 47.6 Å². The number of nitrogens with zero attached hydrogens (tertiary/aromatic N) is 2. The van der Waals surface area contributed by atoms with Crippen LogP contribution in [0.4, 0.5) is 0 Å². The Hall–Kier alpha value is -3.21. The van der Waals surface area contributed by atoms with Gasteiger partial charge in [0.2, 0.25) is 0 Å². The van der Waals surface area contributed by atoms with E-state index in [1.807, 2.05) is 42.6 Å². The molecule has 4 aromatic rings. The number of aliphatic hydroxyl groups excluding tert-OH is 1. The van der Waals surface area contributed by atoms with Gasteiger partial charge in [-0.2, -0.15) is 0 Å². The quantitative estimate of drug-likeness (QED) is 0.508. The highest BCUT2D eigenvalue weighted by atomic mass is 16.5. The van der Waals surface area contributed by atoms with Crippen molar-refractivity contribution >= 4 is 10.9 Å². The van der Waals surface area contributed by atoms with Gasteiger partial charge >= 0.3 is 0 Å². The summed E-state index contributed by atoms with van der Waals surface area (Å²) in [5.41, 5.74) is 5.49. The number of rotatable bonds is 5. The summed E-state index contributed by atoms with van der Waals surface area (Å²) < 4.78 is 6.02. The Labute approximate surface area is 182 Å². The lowest BCUT2D eigenvalue weighted by molar-refractivity contribution is 0.178. The van der Waals surface area contributed by atoms with E-state index in [-0.39, 0.29) is 0 Å². The van der Waals surface area contributed by atoms with Crippen LogP contribution in [0.3, 0.4) is 0 Å². The van der Waals surface area contributed by atoms with Crippen LogP contribution in [0.25, 0.3) is 10.9 Å². The molecule has 1 aliphatic heterocycles. The zero-order valence-corrected chi connectivity index (χ0v) is 17.4. The minimum Gasteiger partial charge on any atom is -0.492 e. The summed E-state index contributed by atoms with van der Waals surface area (Å²) in [6.07, 6.45) is 1.91. The van der Waals surface area contributed by atoms with Crippen LogP contribution in [0.5, 0.6) is 5.75 Å². The molecule has 0 spiro atoms. The Morgan fingerprint density at radius 1 is 0.968 bits per heavy atom. The van der Waals surface area contributed by atoms with Gasteiger partial charge in [0.1, 0.15) is 12.4 Å². The first kappa shape index (κ1) is 19.7. The average molecular weight is 411 g/mol. The van der Waals surface area contributed by atoms with Gasteiger partial charge in [-0.05, 0) is 41.0 Å². The predicted molar refractivity (Wildman–Crippen MR) is 123 cm³/mol. The number of pyridine rings is 1. The maximum absolute atomic E-state index is 10.8. The van der Waals surface area contributed by atoms with Crippen LogP contribution in [-0.4, -0.2) is 28.1 Å². The fourth-order valence-electron chi connectivity index (χ4n) is 4.31. The lowest BCUT2D eigenvalue weighted by Crippen LogP contribution is -2.25. The number of ether oxygens (including phenoxy) is 1. The molecule has 2 heterocycles. The molecule has 3 aromatic carbocycles. The average Bonchev–Trinajstić information content (AvgIpc) is 3.01. The first-order valence-electron chi connectivity index (χ1n) is 10.8. The van der Waals surface area contributed by atoms with Crippen molar-refractivity contribution in [2.75, 3.05) is 13.2 Å². The van der Waals surface area contributed by atoms with Crippen LogP contribution in [0.2, 0.25) is 0 Å². The van der Waals surface area contributed by atoms with Crippen molar-refractivity contribution in [3.63, 3.8) is 0 Å². The third-order valence-electron chi connectivity index (χ3n) is 5.93. The second kappa shape index (κ2) is 8.88. The maximum atomic E-state index is 10.8. The van der Waals surface area contributed by atoms with E-state index >= 15 is 0 Å². The fraction of sp³-hybridized carbons (Fsp3) is 0.222. The van der Waals surface area contributed by atoms with Gasteiger partial charge in [0.25, 0.3) is 0 Å². The molecule has 0 bridgehead atoms. The standard InChI is InChI=1S/C27H26N2O2/c30-26(16-20-6-2-1-3-7-20)21-11-12-27-23(17-21)19-29(14-15-31-27)18-22-8-4-10-25-24(22)9-5-13-28-25/h1-13,17,26,30H,14-16,18-19H2/t26-/m0/s1. The molecule has 0 aliphatic carbocycles. The summed E-state index contributed by atoms with van der Waals surface area (Å²) in [5.74, 6) is 0.915. The second-order valence-corrected chi connectivity index (χ2v) is 8.12. The van der Waals surface area contributed by atoms with Crippen LogP contribution >= 0.6 is 0 Å². The molecule has 0 saturated heterocycles. The molecular formula is C27H26N2O2. The Morgan fingerprint density at radius 2 is 1.87 bits per heavy atom. The van der Waals surface area contributed by atoms with Gasteiger partial charge in [-0.1, -0.05) is 54.6 Å². The zero-order chi connectivity index (χ0) is 21.0. The molecule has 1 aromatic heterocycles. The van der Waals surface area contributed by atoms with E-state index in [4.69, 9.17) is 4.74 Å². The SMILES string of the molecule is O[C@@H](Cc1ccccc1)c1ccc2c(c1)CN(Cc1cccc3ncccc13)CCO2. The topological polar surface area (TPSA) is 45.6 Å². The number of aliphatic hydroxyl groups is 1. The number of hydrogen-bond acceptors (Lipinski definition) is 4. The molecule has 5 rings (SSSR count). The van der Waals surface area contributed by atoms with E-state index in [0.29, 0.717) is 13.0 Å². The highest BCUT2D eigenvalue weighted by molar-refractivity contribution is 5.81. The van der Waals surface area contributed by atoms with Crippen molar-refractivity contribution in [2.45, 2.75) is 25.6 Å². The van der Waals surface area contributed by atoms with Crippen LogP contribution in [-0.2, 0) is 19.5 Å². The highest BCUT2D eigenvalue weighted by Crippen LogP contribution is 2.29. The summed E-state index contributed by atoms with van der Waals surface area (Å²) >= 11 is 0. The molecule has 4 nitrogen and oxygen atoms in total. The fourth-order valence-corrected chi connectivity index (χ4v) is 4.31. The first-order chi connectivity index (χ1) is 15.3. The third kappa shape index (κ3) is 4.46. The Morgan fingerprint density at radius 3 is 2.77 bits per heavy atom. The predicted octanol–water partition coefficient (Wildman–Crippen LogP) is 4.91. The van der Waals surface area contributed by atoms with E-state index in [1.54, 1.807) is 0 Å². The molecule has 0 radical (unpaired) electrons. The van der Waals surface area contributed by atoms with Gasteiger partial charge in [-0.15, -0.1) is 0 Å². The van der Waals surface area contributed by atoms with Gasteiger partial charge in [0.05, 0.1) is 11.6 Å². The molecule has 156 valence electrons. The molecule has 31 heavy (non-hydrogen) atoms. The molecule has 0 amide bonds. The monoisotopic (exact) mass is 410 g/mol. The van der Waals surface area contributed by atoms with Crippen molar-refractivity contribution in [1.82, 2.24) is 9.88 Å². The van der Waals surface area contributed by atoms with Crippen molar-refractivity contribution in [3.8, 4) is 5.75 Å². The van der Waals surface area contributed by atoms with E-state index in [1.165, 1.54) is 10.9 Å². The molecule has 0 fully saturated rings. The normalized spacial score (nSPS) is 15.1. The van der Waals surface area contributed by atoms with Crippen LogP contribution in [0.1, 0.15) is 28.4 Å². The van der Waals surface area contributed by atoms with Gasteiger partial charge in [0.15, 0.2) is 0 Å². The van der Waals surface area contributed by atoms with Gasteiger partial charge < -0.3 is 9.84 Å². The number of benzene rings is 3. The smallest absolute Gasteiger partial charge is 0.123 e. The summed E-state index contributed by atoms with van der Waals surface area (Å²) in [7, 11) is 0. The van der Waals surface area contributed by atoms with E-state index < -0.39 is 6.10 Å². The lowest BCUT2D eigenvalue weighted by atomic mass is 9.99. The third-order valence-corrected chi connectivity index (χ3v) is 5.93. The first-order valence-corrected chi connectivity index (χ1v) is 10.8. The minimum absolute atomic E-state index is 0.534. The Kier molecular flexibility index (Phi) is 5.65. The van der Waals surface area contributed by atoms with Gasteiger partial charge in [-0.25, -0.2) is 0 Å². The lowest BCUT2D eigenvalue weighted by Gasteiger charge is -2.21. The van der Waals surface area contributed by atoms with Crippen molar-refractivity contribution in [3.05, 3.63) is 107 Å². The molecule has 1 atom stereocenters. The summed E-state index contributed by atoms with van der Waals surface area (Å²) in [4.78, 5) is 6.89. The summed E-state index contributed by atoms with van der Waals surface area (Å²) in [6.45, 7) is 3.13.